The standard InChI is InChI=1S/C15H15BrFN3/c1-20(9-10-6-12(16)8-13(17)7-10)14-4-2-11(3-5-14)15(18)19/h2-8H,9H2,1H3,(H3,18,19). The van der Waals surface area contributed by atoms with E-state index in [1.165, 1.54) is 12.1 Å². The van der Waals surface area contributed by atoms with E-state index in [0.717, 1.165) is 15.7 Å². The van der Waals surface area contributed by atoms with Crippen LogP contribution in [-0.2, 0) is 6.54 Å². The number of nitrogens with zero attached hydrogens (tertiary/aromatic N) is 1. The summed E-state index contributed by atoms with van der Waals surface area (Å²) in [7, 11) is 1.93. The van der Waals surface area contributed by atoms with Crippen LogP contribution in [0.5, 0.6) is 0 Å². The third-order valence-electron chi connectivity index (χ3n) is 2.96. The summed E-state index contributed by atoms with van der Waals surface area (Å²) in [6, 6.07) is 12.2. The second kappa shape index (κ2) is 6.05. The predicted molar refractivity (Wildman–Crippen MR) is 83.7 cm³/mol. The number of nitrogens with two attached hydrogens (primary N) is 1. The Morgan fingerprint density at radius 2 is 1.90 bits per heavy atom. The summed E-state index contributed by atoms with van der Waals surface area (Å²) >= 11 is 3.29. The number of hydrogen-bond donors (Lipinski definition) is 2. The molecule has 2 aromatic rings. The van der Waals surface area contributed by atoms with Gasteiger partial charge in [-0.15, -0.1) is 0 Å². The summed E-state index contributed by atoms with van der Waals surface area (Å²) in [5.41, 5.74) is 7.98. The van der Waals surface area contributed by atoms with Crippen molar-refractivity contribution in [2.75, 3.05) is 11.9 Å². The molecule has 0 saturated heterocycles. The monoisotopic (exact) mass is 335 g/mol. The summed E-state index contributed by atoms with van der Waals surface area (Å²) in [5.74, 6) is -0.206. The molecule has 0 radical (unpaired) electrons. The Bertz CT molecular complexity index is 605. The van der Waals surface area contributed by atoms with E-state index in [1.807, 2.05) is 30.1 Å². The van der Waals surface area contributed by atoms with Crippen molar-refractivity contribution in [3.05, 3.63) is 63.9 Å². The minimum Gasteiger partial charge on any atom is -0.384 e. The maximum absolute atomic E-state index is 13.3. The van der Waals surface area contributed by atoms with Gasteiger partial charge in [-0.1, -0.05) is 15.9 Å². The van der Waals surface area contributed by atoms with Crippen molar-refractivity contribution in [1.29, 1.82) is 5.41 Å². The number of rotatable bonds is 4. The third-order valence-corrected chi connectivity index (χ3v) is 3.42. The lowest BCUT2D eigenvalue weighted by molar-refractivity contribution is 0.624. The van der Waals surface area contributed by atoms with Crippen LogP contribution in [0, 0.1) is 11.2 Å². The lowest BCUT2D eigenvalue weighted by Crippen LogP contribution is -2.17. The fourth-order valence-electron chi connectivity index (χ4n) is 1.96. The van der Waals surface area contributed by atoms with E-state index in [0.29, 0.717) is 12.1 Å². The second-order valence-electron chi connectivity index (χ2n) is 4.59. The summed E-state index contributed by atoms with van der Waals surface area (Å²) in [5, 5.41) is 7.36. The van der Waals surface area contributed by atoms with E-state index in [2.05, 4.69) is 15.9 Å². The van der Waals surface area contributed by atoms with Crippen molar-refractivity contribution in [1.82, 2.24) is 0 Å². The fraction of sp³-hybridized carbons (Fsp3) is 0.133. The van der Waals surface area contributed by atoms with Gasteiger partial charge < -0.3 is 10.6 Å². The molecule has 2 aromatic carbocycles. The van der Waals surface area contributed by atoms with E-state index < -0.39 is 0 Å². The van der Waals surface area contributed by atoms with Gasteiger partial charge in [0.25, 0.3) is 0 Å². The van der Waals surface area contributed by atoms with Gasteiger partial charge in [0.2, 0.25) is 0 Å². The molecule has 3 N–H and O–H groups in total. The van der Waals surface area contributed by atoms with Gasteiger partial charge in [-0.05, 0) is 48.0 Å². The van der Waals surface area contributed by atoms with Crippen LogP contribution >= 0.6 is 15.9 Å². The Hall–Kier alpha value is -1.88. The molecular formula is C15H15BrFN3. The second-order valence-corrected chi connectivity index (χ2v) is 5.51. The molecule has 5 heteroatoms. The fourth-order valence-corrected chi connectivity index (χ4v) is 2.48. The van der Waals surface area contributed by atoms with Crippen molar-refractivity contribution >= 4 is 27.5 Å². The average molecular weight is 336 g/mol. The number of anilines is 1. The number of nitrogen functional groups attached to an aromatic ring is 1. The highest BCUT2D eigenvalue weighted by Crippen LogP contribution is 2.19. The first-order chi connectivity index (χ1) is 9.45. The largest absolute Gasteiger partial charge is 0.384 e. The molecule has 0 amide bonds. The molecule has 0 saturated carbocycles. The molecule has 104 valence electrons. The van der Waals surface area contributed by atoms with Gasteiger partial charge in [0.15, 0.2) is 0 Å². The highest BCUT2D eigenvalue weighted by atomic mass is 79.9. The zero-order valence-corrected chi connectivity index (χ0v) is 12.6. The number of nitrogens with one attached hydrogen (secondary N) is 1. The normalized spacial score (nSPS) is 10.3. The van der Waals surface area contributed by atoms with Crippen LogP contribution in [0.4, 0.5) is 10.1 Å². The van der Waals surface area contributed by atoms with Crippen LogP contribution in [0.1, 0.15) is 11.1 Å². The summed E-state index contributed by atoms with van der Waals surface area (Å²) < 4.78 is 14.1. The lowest BCUT2D eigenvalue weighted by Gasteiger charge is -2.20. The van der Waals surface area contributed by atoms with Crippen LogP contribution in [0.3, 0.4) is 0 Å². The Balaban J connectivity index is 2.14. The molecule has 0 bridgehead atoms. The molecule has 0 atom stereocenters. The highest BCUT2D eigenvalue weighted by Gasteiger charge is 2.05. The van der Waals surface area contributed by atoms with E-state index >= 15 is 0 Å². The Labute approximate surface area is 125 Å². The topological polar surface area (TPSA) is 53.1 Å². The maximum Gasteiger partial charge on any atom is 0.124 e. The Morgan fingerprint density at radius 3 is 2.45 bits per heavy atom. The summed E-state index contributed by atoms with van der Waals surface area (Å²) in [6.45, 7) is 0.593. The van der Waals surface area contributed by atoms with Crippen LogP contribution < -0.4 is 10.6 Å². The molecule has 0 spiro atoms. The lowest BCUT2D eigenvalue weighted by atomic mass is 10.1. The molecule has 3 nitrogen and oxygen atoms in total. The summed E-state index contributed by atoms with van der Waals surface area (Å²) in [6.07, 6.45) is 0. The molecule has 20 heavy (non-hydrogen) atoms. The van der Waals surface area contributed by atoms with Crippen LogP contribution in [0.25, 0.3) is 0 Å². The van der Waals surface area contributed by atoms with Gasteiger partial charge >= 0.3 is 0 Å². The molecule has 0 aliphatic rings. The van der Waals surface area contributed by atoms with E-state index in [9.17, 15) is 4.39 Å². The number of hydrogen-bond acceptors (Lipinski definition) is 2. The molecular weight excluding hydrogens is 321 g/mol. The highest BCUT2D eigenvalue weighted by molar-refractivity contribution is 9.10. The molecule has 0 aromatic heterocycles. The number of amidine groups is 1. The van der Waals surface area contributed by atoms with Crippen LogP contribution in [0.2, 0.25) is 0 Å². The zero-order valence-electron chi connectivity index (χ0n) is 11.0. The third kappa shape index (κ3) is 3.57. The molecule has 0 fully saturated rings. The van der Waals surface area contributed by atoms with Crippen LogP contribution in [-0.4, -0.2) is 12.9 Å². The Kier molecular flexibility index (Phi) is 4.39. The van der Waals surface area contributed by atoms with E-state index in [4.69, 9.17) is 11.1 Å². The van der Waals surface area contributed by atoms with E-state index in [1.54, 1.807) is 12.1 Å². The zero-order chi connectivity index (χ0) is 14.7. The Morgan fingerprint density at radius 1 is 1.25 bits per heavy atom. The summed E-state index contributed by atoms with van der Waals surface area (Å²) in [4.78, 5) is 2.01. The first kappa shape index (κ1) is 14.5. The first-order valence-corrected chi connectivity index (χ1v) is 6.85. The molecule has 0 aliphatic heterocycles. The van der Waals surface area contributed by atoms with Crippen molar-refractivity contribution in [3.63, 3.8) is 0 Å². The van der Waals surface area contributed by atoms with E-state index in [-0.39, 0.29) is 11.7 Å². The minimum atomic E-state index is -0.255. The quantitative estimate of drug-likeness (QED) is 0.663. The number of halogens is 2. The van der Waals surface area contributed by atoms with Gasteiger partial charge in [-0.2, -0.15) is 0 Å². The van der Waals surface area contributed by atoms with Crippen molar-refractivity contribution in [3.8, 4) is 0 Å². The van der Waals surface area contributed by atoms with Crippen LogP contribution in [0.15, 0.2) is 46.9 Å². The predicted octanol–water partition coefficient (Wildman–Crippen LogP) is 3.51. The molecule has 0 unspecified atom stereocenters. The average Bonchev–Trinajstić information content (AvgIpc) is 2.37. The van der Waals surface area contributed by atoms with Gasteiger partial charge in [-0.3, -0.25) is 5.41 Å². The molecule has 2 rings (SSSR count). The van der Waals surface area contributed by atoms with Gasteiger partial charge in [0.1, 0.15) is 11.7 Å². The van der Waals surface area contributed by atoms with Gasteiger partial charge in [-0.25, -0.2) is 4.39 Å². The maximum atomic E-state index is 13.3. The first-order valence-electron chi connectivity index (χ1n) is 6.06. The molecule has 0 heterocycles. The SMILES string of the molecule is CN(Cc1cc(F)cc(Br)c1)c1ccc(C(=N)N)cc1. The van der Waals surface area contributed by atoms with Gasteiger partial charge in [0, 0.05) is 29.3 Å². The van der Waals surface area contributed by atoms with Crippen molar-refractivity contribution < 1.29 is 4.39 Å². The van der Waals surface area contributed by atoms with Gasteiger partial charge in [0.05, 0.1) is 0 Å². The molecule has 0 aliphatic carbocycles. The van der Waals surface area contributed by atoms with Crippen molar-refractivity contribution in [2.24, 2.45) is 5.73 Å². The number of benzene rings is 2. The smallest absolute Gasteiger partial charge is 0.124 e. The minimum absolute atomic E-state index is 0.0493. The van der Waals surface area contributed by atoms with Crippen molar-refractivity contribution in [2.45, 2.75) is 6.54 Å².